The molecule has 0 aliphatic heterocycles. The van der Waals surface area contributed by atoms with Crippen LogP contribution in [0.15, 0.2) is 58.7 Å². The molecule has 0 N–H and O–H groups in total. The van der Waals surface area contributed by atoms with Gasteiger partial charge in [0.2, 0.25) is 0 Å². The summed E-state index contributed by atoms with van der Waals surface area (Å²) in [6.45, 7) is 21.1. The maximum absolute atomic E-state index is 6.63. The lowest BCUT2D eigenvalue weighted by Crippen LogP contribution is -2.40. The minimum absolute atomic E-state index is 0.224. The molecule has 0 fully saturated rings. The number of hydrogen-bond donors (Lipinski definition) is 0. The van der Waals surface area contributed by atoms with E-state index >= 15 is 0 Å². The number of allylic oxidation sites excluding steroid dienone is 9. The first-order chi connectivity index (χ1) is 25.4. The Hall–Kier alpha value is -1.68. The summed E-state index contributed by atoms with van der Waals surface area (Å²) in [6, 6.07) is 0. The van der Waals surface area contributed by atoms with E-state index in [-0.39, 0.29) is 11.7 Å². The molecule has 1 aliphatic carbocycles. The van der Waals surface area contributed by atoms with E-state index in [4.69, 9.17) is 20.0 Å². The Kier molecular flexibility index (Phi) is 28.4. The SMILES string of the molecule is C#CCN(C)CCCCCCO[Si](C)(C)OC(CCCCCCCCCCCCCCC)OC/C=C(C)/C=C/C=C(C)/C=C/C1=C(C)CCCC1(C)C. The fourth-order valence-corrected chi connectivity index (χ4v) is 8.76. The smallest absolute Gasteiger partial charge is 0.333 e. The molecular weight excluding hydrogens is 667 g/mol. The van der Waals surface area contributed by atoms with E-state index in [9.17, 15) is 0 Å². The van der Waals surface area contributed by atoms with Crippen LogP contribution in [0.2, 0.25) is 13.1 Å². The largest absolute Gasteiger partial charge is 0.394 e. The van der Waals surface area contributed by atoms with Crippen LogP contribution in [0.5, 0.6) is 0 Å². The van der Waals surface area contributed by atoms with Crippen LogP contribution in [0.4, 0.5) is 0 Å². The van der Waals surface area contributed by atoms with Crippen molar-refractivity contribution in [1.29, 1.82) is 0 Å². The van der Waals surface area contributed by atoms with Crippen molar-refractivity contribution >= 4 is 8.56 Å². The number of unbranched alkanes of at least 4 members (excludes halogenated alkanes) is 15. The normalized spacial score (nSPS) is 16.4. The van der Waals surface area contributed by atoms with Gasteiger partial charge in [0.05, 0.1) is 13.2 Å². The zero-order valence-corrected chi connectivity index (χ0v) is 37.5. The van der Waals surface area contributed by atoms with Crippen molar-refractivity contribution in [2.45, 2.75) is 196 Å². The molecule has 304 valence electrons. The van der Waals surface area contributed by atoms with E-state index in [1.54, 1.807) is 5.57 Å². The lowest BCUT2D eigenvalue weighted by atomic mass is 9.72. The third-order valence-corrected chi connectivity index (χ3v) is 12.4. The Morgan fingerprint density at radius 3 is 2.09 bits per heavy atom. The lowest BCUT2D eigenvalue weighted by molar-refractivity contribution is -0.0939. The first kappa shape index (κ1) is 49.3. The molecule has 0 saturated carbocycles. The molecule has 1 aliphatic rings. The van der Waals surface area contributed by atoms with Crippen molar-refractivity contribution < 1.29 is 13.6 Å². The van der Waals surface area contributed by atoms with E-state index in [2.05, 4.69) is 109 Å². The first-order valence-corrected chi connectivity index (χ1v) is 24.7. The van der Waals surface area contributed by atoms with Crippen LogP contribution in [0.3, 0.4) is 0 Å². The van der Waals surface area contributed by atoms with Crippen molar-refractivity contribution in [3.8, 4) is 12.3 Å². The molecule has 5 heteroatoms. The molecule has 0 amide bonds. The molecule has 1 unspecified atom stereocenters. The van der Waals surface area contributed by atoms with Crippen LogP contribution in [0.25, 0.3) is 0 Å². The molecule has 4 nitrogen and oxygen atoms in total. The molecule has 0 aromatic carbocycles. The fourth-order valence-electron chi connectivity index (χ4n) is 7.23. The maximum Gasteiger partial charge on any atom is 0.333 e. The second kappa shape index (κ2) is 30.5. The second-order valence-corrected chi connectivity index (χ2v) is 20.3. The zero-order valence-electron chi connectivity index (χ0n) is 36.5. The van der Waals surface area contributed by atoms with E-state index in [1.807, 2.05) is 0 Å². The summed E-state index contributed by atoms with van der Waals surface area (Å²) in [7, 11) is -0.229. The van der Waals surface area contributed by atoms with Gasteiger partial charge >= 0.3 is 8.56 Å². The number of nitrogens with zero attached hydrogens (tertiary/aromatic N) is 1. The van der Waals surface area contributed by atoms with Crippen LogP contribution in [-0.4, -0.2) is 53.1 Å². The molecule has 53 heavy (non-hydrogen) atoms. The molecule has 0 bridgehead atoms. The summed E-state index contributed by atoms with van der Waals surface area (Å²) in [5.74, 6) is 2.72. The van der Waals surface area contributed by atoms with Crippen molar-refractivity contribution in [3.05, 3.63) is 58.7 Å². The minimum atomic E-state index is -2.32. The van der Waals surface area contributed by atoms with Crippen molar-refractivity contribution in [2.24, 2.45) is 5.41 Å². The predicted octanol–water partition coefficient (Wildman–Crippen LogP) is 14.2. The van der Waals surface area contributed by atoms with Crippen molar-refractivity contribution in [1.82, 2.24) is 4.90 Å². The van der Waals surface area contributed by atoms with Crippen molar-refractivity contribution in [2.75, 3.05) is 33.4 Å². The predicted molar refractivity (Wildman–Crippen MR) is 235 cm³/mol. The van der Waals surface area contributed by atoms with E-state index < -0.39 is 8.56 Å². The summed E-state index contributed by atoms with van der Waals surface area (Å²) in [6.07, 6.45) is 45.5. The molecule has 0 heterocycles. The van der Waals surface area contributed by atoms with Crippen molar-refractivity contribution in [3.63, 3.8) is 0 Å². The number of ether oxygens (including phenoxy) is 1. The Morgan fingerprint density at radius 2 is 1.47 bits per heavy atom. The van der Waals surface area contributed by atoms with Crippen LogP contribution in [-0.2, 0) is 13.6 Å². The van der Waals surface area contributed by atoms with Gasteiger partial charge in [-0.15, -0.1) is 6.42 Å². The third kappa shape index (κ3) is 26.7. The minimum Gasteiger partial charge on any atom is -0.394 e. The van der Waals surface area contributed by atoms with Gasteiger partial charge in [0.1, 0.15) is 6.29 Å². The van der Waals surface area contributed by atoms with E-state index in [1.165, 1.54) is 132 Å². The molecule has 1 atom stereocenters. The monoisotopic (exact) mass is 752 g/mol. The maximum atomic E-state index is 6.63. The van der Waals surface area contributed by atoms with Gasteiger partial charge in [0.25, 0.3) is 0 Å². The lowest BCUT2D eigenvalue weighted by Gasteiger charge is -2.32. The number of hydrogen-bond acceptors (Lipinski definition) is 4. The third-order valence-electron chi connectivity index (χ3n) is 10.7. The van der Waals surface area contributed by atoms with Gasteiger partial charge < -0.3 is 13.6 Å². The summed E-state index contributed by atoms with van der Waals surface area (Å²) in [5, 5.41) is 0. The molecule has 0 radical (unpaired) electrons. The Morgan fingerprint density at radius 1 is 0.868 bits per heavy atom. The van der Waals surface area contributed by atoms with Gasteiger partial charge in [0.15, 0.2) is 0 Å². The van der Waals surface area contributed by atoms with Gasteiger partial charge in [-0.3, -0.25) is 4.90 Å². The highest BCUT2D eigenvalue weighted by atomic mass is 28.4. The van der Waals surface area contributed by atoms with E-state index in [0.717, 1.165) is 39.0 Å². The van der Waals surface area contributed by atoms with Gasteiger partial charge in [-0.1, -0.05) is 170 Å². The zero-order chi connectivity index (χ0) is 39.2. The summed E-state index contributed by atoms with van der Waals surface area (Å²) in [5.41, 5.74) is 5.78. The van der Waals surface area contributed by atoms with Gasteiger partial charge in [-0.05, 0) is 103 Å². The average Bonchev–Trinajstić information content (AvgIpc) is 3.09. The molecule has 0 saturated heterocycles. The Bertz CT molecular complexity index is 1140. The highest BCUT2D eigenvalue weighted by molar-refractivity contribution is 6.64. The molecular formula is C48H85NO3Si. The second-order valence-electron chi connectivity index (χ2n) is 17.0. The molecule has 0 aromatic rings. The number of rotatable bonds is 32. The highest BCUT2D eigenvalue weighted by Gasteiger charge is 2.29. The van der Waals surface area contributed by atoms with Crippen LogP contribution in [0, 0.1) is 17.8 Å². The standard InChI is InChI=1S/C48H85NO3Si/c1-11-13-14-15-16-17-18-19-20-21-22-23-26-34-47(52-53(9,10)51-41-28-25-24-27-40-49(8)39-12-2)50-42-37-44(4)32-29-31-43(3)35-36-46-45(5)33-30-38-48(46,6)7/h2,29,31-32,35-37,47H,11,13-28,30,33-34,38-42H2,1,3-10H3/b32-29+,36-35+,43-31+,44-37+. The number of terminal acetylenes is 1. The van der Waals surface area contributed by atoms with Crippen LogP contribution in [0.1, 0.15) is 176 Å². The van der Waals surface area contributed by atoms with E-state index in [0.29, 0.717) is 6.61 Å². The topological polar surface area (TPSA) is 30.9 Å². The van der Waals surface area contributed by atoms with Crippen LogP contribution < -0.4 is 0 Å². The summed E-state index contributed by atoms with van der Waals surface area (Å²) >= 11 is 0. The molecule has 0 spiro atoms. The summed E-state index contributed by atoms with van der Waals surface area (Å²) in [4.78, 5) is 2.21. The van der Waals surface area contributed by atoms with Gasteiger partial charge in [0, 0.05) is 6.61 Å². The van der Waals surface area contributed by atoms with Crippen LogP contribution >= 0.6 is 0 Å². The van der Waals surface area contributed by atoms with Gasteiger partial charge in [-0.25, -0.2) is 0 Å². The molecule has 1 rings (SSSR count). The van der Waals surface area contributed by atoms with Gasteiger partial charge in [-0.2, -0.15) is 0 Å². The average molecular weight is 752 g/mol. The fraction of sp³-hybridized carbons (Fsp3) is 0.750. The Labute approximate surface area is 331 Å². The summed E-state index contributed by atoms with van der Waals surface area (Å²) < 4.78 is 19.4. The highest BCUT2D eigenvalue weighted by Crippen LogP contribution is 2.40. The first-order valence-electron chi connectivity index (χ1n) is 21.9. The molecule has 0 aromatic heterocycles. The quantitative estimate of drug-likeness (QED) is 0.0225. The Balaban J connectivity index is 2.58.